The highest BCUT2D eigenvalue weighted by Gasteiger charge is 2.32. The van der Waals surface area contributed by atoms with Crippen LogP contribution in [0.3, 0.4) is 0 Å². The van der Waals surface area contributed by atoms with Gasteiger partial charge in [0.15, 0.2) is 5.76 Å². The van der Waals surface area contributed by atoms with Crippen LogP contribution in [0.25, 0.3) is 33.5 Å². The Labute approximate surface area is 179 Å². The Kier molecular flexibility index (Phi) is 4.62. The monoisotopic (exact) mass is 433 g/mol. The number of para-hydroxylation sites is 2. The third-order valence-electron chi connectivity index (χ3n) is 4.98. The Bertz CT molecular complexity index is 1520. The van der Waals surface area contributed by atoms with Crippen LogP contribution in [0.15, 0.2) is 93.2 Å². The van der Waals surface area contributed by atoms with E-state index >= 15 is 0 Å². The molecule has 0 spiro atoms. The van der Waals surface area contributed by atoms with Crippen molar-refractivity contribution in [3.63, 3.8) is 0 Å². The molecular weight excluding hydrogens is 419 g/mol. The molecule has 0 amide bonds. The first-order valence-electron chi connectivity index (χ1n) is 9.63. The highest BCUT2D eigenvalue weighted by molar-refractivity contribution is 5.85. The van der Waals surface area contributed by atoms with E-state index in [2.05, 4.69) is 10.1 Å². The van der Waals surface area contributed by atoms with E-state index in [1.54, 1.807) is 36.4 Å². The topological polar surface area (TPSA) is 60.4 Å². The molecule has 0 atom stereocenters. The molecule has 0 saturated carbocycles. The number of rotatable bonds is 3. The smallest absolute Gasteiger partial charge is 0.417 e. The zero-order chi connectivity index (χ0) is 22.3. The SMILES string of the molecule is O=c1c2ccccc2nc(-c2cc3ccccc3o2)n1N=Cc1ccccc1C(F)(F)F. The minimum atomic E-state index is -4.56. The number of fused-ring (bicyclic) bond motifs is 2. The molecule has 0 radical (unpaired) electrons. The van der Waals surface area contributed by atoms with Crippen molar-refractivity contribution in [1.29, 1.82) is 0 Å². The van der Waals surface area contributed by atoms with Gasteiger partial charge in [-0.15, -0.1) is 0 Å². The number of aromatic nitrogens is 2. The Morgan fingerprint density at radius 1 is 0.938 bits per heavy atom. The van der Waals surface area contributed by atoms with Gasteiger partial charge < -0.3 is 4.42 Å². The van der Waals surface area contributed by atoms with Crippen LogP contribution in [-0.2, 0) is 6.18 Å². The lowest BCUT2D eigenvalue weighted by Crippen LogP contribution is -2.20. The molecule has 0 N–H and O–H groups in total. The molecule has 8 heteroatoms. The minimum absolute atomic E-state index is 0.0886. The van der Waals surface area contributed by atoms with Gasteiger partial charge in [0.2, 0.25) is 5.82 Å². The van der Waals surface area contributed by atoms with Crippen molar-refractivity contribution in [3.8, 4) is 11.6 Å². The summed E-state index contributed by atoms with van der Waals surface area (Å²) in [6.45, 7) is 0. The van der Waals surface area contributed by atoms with Crippen molar-refractivity contribution < 1.29 is 17.6 Å². The fraction of sp³-hybridized carbons (Fsp3) is 0.0417. The highest BCUT2D eigenvalue weighted by Crippen LogP contribution is 2.31. The molecule has 0 aliphatic carbocycles. The van der Waals surface area contributed by atoms with Gasteiger partial charge in [0.25, 0.3) is 5.56 Å². The van der Waals surface area contributed by atoms with Crippen molar-refractivity contribution in [3.05, 3.63) is 100 Å². The third-order valence-corrected chi connectivity index (χ3v) is 4.98. The molecule has 3 aromatic carbocycles. The van der Waals surface area contributed by atoms with E-state index in [4.69, 9.17) is 4.42 Å². The number of hydrogen-bond donors (Lipinski definition) is 0. The fourth-order valence-corrected chi connectivity index (χ4v) is 3.47. The zero-order valence-electron chi connectivity index (χ0n) is 16.4. The van der Waals surface area contributed by atoms with Crippen molar-refractivity contribution in [2.24, 2.45) is 5.10 Å². The summed E-state index contributed by atoms with van der Waals surface area (Å²) in [5.41, 5.74) is -0.531. The van der Waals surface area contributed by atoms with E-state index in [9.17, 15) is 18.0 Å². The second-order valence-corrected chi connectivity index (χ2v) is 7.05. The summed E-state index contributed by atoms with van der Waals surface area (Å²) in [7, 11) is 0. The molecule has 0 aliphatic heterocycles. The first-order chi connectivity index (χ1) is 15.4. The molecule has 158 valence electrons. The molecule has 0 unspecified atom stereocenters. The molecule has 32 heavy (non-hydrogen) atoms. The summed E-state index contributed by atoms with van der Waals surface area (Å²) >= 11 is 0. The number of benzene rings is 3. The summed E-state index contributed by atoms with van der Waals surface area (Å²) in [5, 5.41) is 5.18. The van der Waals surface area contributed by atoms with Gasteiger partial charge in [-0.3, -0.25) is 4.79 Å². The van der Waals surface area contributed by atoms with Crippen LogP contribution in [0.1, 0.15) is 11.1 Å². The van der Waals surface area contributed by atoms with Crippen LogP contribution in [0.5, 0.6) is 0 Å². The standard InChI is InChI=1S/C24H14F3N3O2/c25-24(26,27)18-10-4-1-8-16(18)14-28-30-22(21-13-15-7-2-6-12-20(15)32-21)29-19-11-5-3-9-17(19)23(30)31/h1-14H. The van der Waals surface area contributed by atoms with Crippen LogP contribution in [0.4, 0.5) is 13.2 Å². The van der Waals surface area contributed by atoms with Crippen molar-refractivity contribution >= 4 is 28.1 Å². The first-order valence-corrected chi connectivity index (χ1v) is 9.63. The molecule has 2 aromatic heterocycles. The summed E-state index contributed by atoms with van der Waals surface area (Å²) in [6, 6.07) is 20.7. The highest BCUT2D eigenvalue weighted by atomic mass is 19.4. The fourth-order valence-electron chi connectivity index (χ4n) is 3.47. The normalized spacial score (nSPS) is 12.2. The number of furan rings is 1. The molecule has 5 nitrogen and oxygen atoms in total. The summed E-state index contributed by atoms with van der Waals surface area (Å²) < 4.78 is 46.9. The second kappa shape index (κ2) is 7.49. The molecular formula is C24H14F3N3O2. The number of halogens is 3. The lowest BCUT2D eigenvalue weighted by molar-refractivity contribution is -0.137. The maximum absolute atomic E-state index is 13.4. The van der Waals surface area contributed by atoms with E-state index in [0.29, 0.717) is 11.1 Å². The van der Waals surface area contributed by atoms with Crippen LogP contribution in [0, 0.1) is 0 Å². The molecule has 0 fully saturated rings. The van der Waals surface area contributed by atoms with Crippen molar-refractivity contribution in [2.75, 3.05) is 0 Å². The molecule has 5 rings (SSSR count). The minimum Gasteiger partial charge on any atom is -0.453 e. The van der Waals surface area contributed by atoms with Gasteiger partial charge in [-0.1, -0.05) is 48.5 Å². The Balaban J connectivity index is 1.74. The average molecular weight is 433 g/mol. The van der Waals surface area contributed by atoms with Crippen LogP contribution in [0.2, 0.25) is 0 Å². The van der Waals surface area contributed by atoms with Crippen LogP contribution in [-0.4, -0.2) is 15.9 Å². The molecule has 0 saturated heterocycles. The van der Waals surface area contributed by atoms with E-state index in [1.807, 2.05) is 18.2 Å². The number of nitrogens with zero attached hydrogens (tertiary/aromatic N) is 3. The zero-order valence-corrected chi connectivity index (χ0v) is 16.4. The second-order valence-electron chi connectivity index (χ2n) is 7.05. The van der Waals surface area contributed by atoms with Gasteiger partial charge in [-0.05, 0) is 30.3 Å². The number of alkyl halides is 3. The summed E-state index contributed by atoms with van der Waals surface area (Å²) in [6.07, 6.45) is -3.55. The summed E-state index contributed by atoms with van der Waals surface area (Å²) in [5.74, 6) is 0.362. The predicted octanol–water partition coefficient (Wildman–Crippen LogP) is 5.71. The van der Waals surface area contributed by atoms with E-state index in [0.717, 1.165) is 22.3 Å². The van der Waals surface area contributed by atoms with E-state index in [1.165, 1.54) is 18.2 Å². The Morgan fingerprint density at radius 3 is 2.47 bits per heavy atom. The van der Waals surface area contributed by atoms with Crippen molar-refractivity contribution in [1.82, 2.24) is 9.66 Å². The van der Waals surface area contributed by atoms with E-state index in [-0.39, 0.29) is 22.5 Å². The molecule has 5 aromatic rings. The lowest BCUT2D eigenvalue weighted by atomic mass is 10.1. The average Bonchev–Trinajstić information content (AvgIpc) is 3.22. The maximum Gasteiger partial charge on any atom is 0.417 e. The maximum atomic E-state index is 13.4. The van der Waals surface area contributed by atoms with Gasteiger partial charge in [0.1, 0.15) is 5.58 Å². The Morgan fingerprint density at radius 2 is 1.66 bits per heavy atom. The van der Waals surface area contributed by atoms with Crippen LogP contribution < -0.4 is 5.56 Å². The lowest BCUT2D eigenvalue weighted by Gasteiger charge is -2.10. The van der Waals surface area contributed by atoms with Crippen molar-refractivity contribution in [2.45, 2.75) is 6.18 Å². The van der Waals surface area contributed by atoms with E-state index < -0.39 is 17.3 Å². The quantitative estimate of drug-likeness (QED) is 0.343. The predicted molar refractivity (Wildman–Crippen MR) is 116 cm³/mol. The molecule has 2 heterocycles. The van der Waals surface area contributed by atoms with Gasteiger partial charge in [0.05, 0.1) is 22.7 Å². The Hall–Kier alpha value is -4.20. The molecule has 0 bridgehead atoms. The third kappa shape index (κ3) is 3.45. The van der Waals surface area contributed by atoms with Gasteiger partial charge >= 0.3 is 6.18 Å². The van der Waals surface area contributed by atoms with Gasteiger partial charge in [0, 0.05) is 10.9 Å². The largest absolute Gasteiger partial charge is 0.453 e. The van der Waals surface area contributed by atoms with Crippen LogP contribution >= 0.6 is 0 Å². The van der Waals surface area contributed by atoms with Gasteiger partial charge in [-0.2, -0.15) is 22.9 Å². The van der Waals surface area contributed by atoms with Gasteiger partial charge in [-0.25, -0.2) is 4.98 Å². The summed E-state index contributed by atoms with van der Waals surface area (Å²) in [4.78, 5) is 17.7. The number of hydrogen-bond acceptors (Lipinski definition) is 4. The first kappa shape index (κ1) is 19.7. The molecule has 0 aliphatic rings.